The van der Waals surface area contributed by atoms with Crippen LogP contribution in [-0.4, -0.2) is 25.0 Å². The lowest BCUT2D eigenvalue weighted by molar-refractivity contribution is -0.123. The van der Waals surface area contributed by atoms with Crippen molar-refractivity contribution < 1.29 is 13.6 Å². The Labute approximate surface area is 172 Å². The first-order chi connectivity index (χ1) is 13.9. The van der Waals surface area contributed by atoms with Crippen LogP contribution in [0.3, 0.4) is 0 Å². The van der Waals surface area contributed by atoms with E-state index in [-0.39, 0.29) is 29.5 Å². The second kappa shape index (κ2) is 11.7. The van der Waals surface area contributed by atoms with Crippen LogP contribution in [0.2, 0.25) is 0 Å². The second-order valence-electron chi connectivity index (χ2n) is 7.83. The number of nitrogens with one attached hydrogen (secondary N) is 2. The van der Waals surface area contributed by atoms with Crippen molar-refractivity contribution in [1.29, 1.82) is 0 Å². The van der Waals surface area contributed by atoms with E-state index >= 15 is 0 Å². The molecule has 2 aromatic carbocycles. The average molecular weight is 403 g/mol. The third kappa shape index (κ3) is 7.58. The van der Waals surface area contributed by atoms with Gasteiger partial charge in [0.15, 0.2) is 0 Å². The Morgan fingerprint density at radius 1 is 0.931 bits per heavy atom. The predicted octanol–water partition coefficient (Wildman–Crippen LogP) is 5.02. The van der Waals surface area contributed by atoms with Gasteiger partial charge >= 0.3 is 0 Å². The lowest BCUT2D eigenvalue weighted by atomic mass is 9.87. The summed E-state index contributed by atoms with van der Waals surface area (Å²) in [6.07, 6.45) is 2.34. The maximum absolute atomic E-state index is 13.3. The highest BCUT2D eigenvalue weighted by Crippen LogP contribution is 2.29. The summed E-state index contributed by atoms with van der Waals surface area (Å²) in [4.78, 5) is 12.5. The van der Waals surface area contributed by atoms with Crippen LogP contribution in [0.5, 0.6) is 0 Å². The SMILES string of the molecule is CCN[C@@H](CC(C)C)C(=O)NCCCC(c1ccc(F)cc1)c1ccc(F)cc1. The molecule has 0 saturated carbocycles. The van der Waals surface area contributed by atoms with E-state index in [4.69, 9.17) is 0 Å². The number of carbonyl (C=O) groups is 1. The fraction of sp³-hybridized carbons (Fsp3) is 0.458. The maximum Gasteiger partial charge on any atom is 0.237 e. The summed E-state index contributed by atoms with van der Waals surface area (Å²) in [7, 11) is 0. The standard InChI is InChI=1S/C24H32F2N2O/c1-4-27-23(16-17(2)3)24(29)28-15-5-6-22(18-7-11-20(25)12-8-18)19-9-13-21(26)14-10-19/h7-14,17,22-23,27H,4-6,15-16H2,1-3H3,(H,28,29)/t23-/m0/s1. The highest BCUT2D eigenvalue weighted by Gasteiger charge is 2.19. The molecule has 29 heavy (non-hydrogen) atoms. The molecular weight excluding hydrogens is 370 g/mol. The quantitative estimate of drug-likeness (QED) is 0.518. The molecule has 0 aromatic heterocycles. The Balaban J connectivity index is 1.98. The van der Waals surface area contributed by atoms with Gasteiger partial charge in [-0.25, -0.2) is 8.78 Å². The molecule has 2 aromatic rings. The van der Waals surface area contributed by atoms with Gasteiger partial charge in [-0.3, -0.25) is 4.79 Å². The fourth-order valence-electron chi connectivity index (χ4n) is 3.56. The number of rotatable bonds is 11. The summed E-state index contributed by atoms with van der Waals surface area (Å²) in [5, 5.41) is 6.27. The summed E-state index contributed by atoms with van der Waals surface area (Å²) >= 11 is 0. The molecule has 0 unspecified atom stereocenters. The van der Waals surface area contributed by atoms with E-state index in [1.54, 1.807) is 24.3 Å². The molecule has 0 radical (unpaired) electrons. The van der Waals surface area contributed by atoms with Crippen LogP contribution < -0.4 is 10.6 Å². The molecule has 0 fully saturated rings. The van der Waals surface area contributed by atoms with Crippen LogP contribution in [0.1, 0.15) is 57.1 Å². The Hall–Kier alpha value is -2.27. The van der Waals surface area contributed by atoms with Crippen molar-refractivity contribution in [2.45, 2.75) is 52.0 Å². The fourth-order valence-corrected chi connectivity index (χ4v) is 3.56. The summed E-state index contributed by atoms with van der Waals surface area (Å²) < 4.78 is 26.7. The second-order valence-corrected chi connectivity index (χ2v) is 7.83. The van der Waals surface area contributed by atoms with E-state index in [1.165, 1.54) is 24.3 Å². The molecular formula is C24H32F2N2O. The summed E-state index contributed by atoms with van der Waals surface area (Å²) in [5.74, 6) is -0.0721. The Kier molecular flexibility index (Phi) is 9.26. The number of hydrogen-bond acceptors (Lipinski definition) is 2. The van der Waals surface area contributed by atoms with Crippen LogP contribution in [-0.2, 0) is 4.79 Å². The third-order valence-electron chi connectivity index (χ3n) is 4.99. The van der Waals surface area contributed by atoms with Crippen molar-refractivity contribution in [3.8, 4) is 0 Å². The van der Waals surface area contributed by atoms with Crippen LogP contribution >= 0.6 is 0 Å². The molecule has 0 saturated heterocycles. The largest absolute Gasteiger partial charge is 0.355 e. The highest BCUT2D eigenvalue weighted by atomic mass is 19.1. The van der Waals surface area contributed by atoms with Crippen LogP contribution in [0.25, 0.3) is 0 Å². The van der Waals surface area contributed by atoms with Crippen molar-refractivity contribution in [2.24, 2.45) is 5.92 Å². The van der Waals surface area contributed by atoms with E-state index in [9.17, 15) is 13.6 Å². The Bertz CT molecular complexity index is 699. The molecule has 1 atom stereocenters. The zero-order valence-corrected chi connectivity index (χ0v) is 17.6. The van der Waals surface area contributed by atoms with Gasteiger partial charge in [-0.2, -0.15) is 0 Å². The number of carbonyl (C=O) groups excluding carboxylic acids is 1. The molecule has 0 aliphatic rings. The average Bonchev–Trinajstić information content (AvgIpc) is 2.69. The van der Waals surface area contributed by atoms with Gasteiger partial charge in [0.25, 0.3) is 0 Å². The molecule has 1 amide bonds. The molecule has 0 heterocycles. The summed E-state index contributed by atoms with van der Waals surface area (Å²) in [6.45, 7) is 7.53. The van der Waals surface area contributed by atoms with E-state index in [0.717, 1.165) is 36.9 Å². The minimum atomic E-state index is -0.279. The molecule has 0 aliphatic heterocycles. The van der Waals surface area contributed by atoms with Gasteiger partial charge < -0.3 is 10.6 Å². The van der Waals surface area contributed by atoms with Gasteiger partial charge in [0.1, 0.15) is 11.6 Å². The molecule has 0 spiro atoms. The summed E-state index contributed by atoms with van der Waals surface area (Å²) in [5.41, 5.74) is 1.96. The van der Waals surface area contributed by atoms with Gasteiger partial charge in [-0.1, -0.05) is 45.0 Å². The Morgan fingerprint density at radius 3 is 1.90 bits per heavy atom. The van der Waals surface area contributed by atoms with Crippen molar-refractivity contribution in [3.05, 3.63) is 71.3 Å². The first-order valence-electron chi connectivity index (χ1n) is 10.4. The first kappa shape index (κ1) is 23.0. The lowest BCUT2D eigenvalue weighted by Crippen LogP contribution is -2.45. The monoisotopic (exact) mass is 402 g/mol. The molecule has 0 aliphatic carbocycles. The maximum atomic E-state index is 13.3. The third-order valence-corrected chi connectivity index (χ3v) is 4.99. The van der Waals surface area contributed by atoms with Gasteiger partial charge in [0, 0.05) is 12.5 Å². The van der Waals surface area contributed by atoms with Gasteiger partial charge in [-0.15, -0.1) is 0 Å². The number of amides is 1. The predicted molar refractivity (Wildman–Crippen MR) is 114 cm³/mol. The van der Waals surface area contributed by atoms with E-state index in [2.05, 4.69) is 24.5 Å². The highest BCUT2D eigenvalue weighted by molar-refractivity contribution is 5.81. The molecule has 3 nitrogen and oxygen atoms in total. The Morgan fingerprint density at radius 2 is 1.45 bits per heavy atom. The van der Waals surface area contributed by atoms with Crippen molar-refractivity contribution in [2.75, 3.05) is 13.1 Å². The number of benzene rings is 2. The minimum Gasteiger partial charge on any atom is -0.355 e. The molecule has 158 valence electrons. The van der Waals surface area contributed by atoms with Gasteiger partial charge in [0.2, 0.25) is 5.91 Å². The van der Waals surface area contributed by atoms with Crippen molar-refractivity contribution in [3.63, 3.8) is 0 Å². The molecule has 5 heteroatoms. The van der Waals surface area contributed by atoms with Crippen molar-refractivity contribution in [1.82, 2.24) is 10.6 Å². The van der Waals surface area contributed by atoms with E-state index in [1.807, 2.05) is 6.92 Å². The molecule has 2 rings (SSSR count). The van der Waals surface area contributed by atoms with Gasteiger partial charge in [0.05, 0.1) is 6.04 Å². The normalized spacial score (nSPS) is 12.4. The van der Waals surface area contributed by atoms with Crippen molar-refractivity contribution >= 4 is 5.91 Å². The smallest absolute Gasteiger partial charge is 0.237 e. The van der Waals surface area contributed by atoms with Gasteiger partial charge in [-0.05, 0) is 67.1 Å². The number of likely N-dealkylation sites (N-methyl/N-ethyl adjacent to an activating group) is 1. The minimum absolute atomic E-state index is 0.0216. The van der Waals surface area contributed by atoms with Crippen LogP contribution in [0.15, 0.2) is 48.5 Å². The number of hydrogen-bond donors (Lipinski definition) is 2. The van der Waals surface area contributed by atoms with Crippen LogP contribution in [0.4, 0.5) is 8.78 Å². The topological polar surface area (TPSA) is 41.1 Å². The first-order valence-corrected chi connectivity index (χ1v) is 10.4. The number of halogens is 2. The molecule has 2 N–H and O–H groups in total. The summed E-state index contributed by atoms with van der Waals surface area (Å²) in [6, 6.07) is 12.7. The lowest BCUT2D eigenvalue weighted by Gasteiger charge is -2.21. The zero-order chi connectivity index (χ0) is 21.2. The van der Waals surface area contributed by atoms with E-state index < -0.39 is 0 Å². The van der Waals surface area contributed by atoms with Crippen LogP contribution in [0, 0.1) is 17.6 Å². The zero-order valence-electron chi connectivity index (χ0n) is 17.6. The van der Waals surface area contributed by atoms with E-state index in [0.29, 0.717) is 12.5 Å². The molecule has 0 bridgehead atoms.